The number of ether oxygens (including phenoxy) is 1. The highest BCUT2D eigenvalue weighted by Gasteiger charge is 2.19. The number of halogens is 1. The molecule has 3 heterocycles. The predicted molar refractivity (Wildman–Crippen MR) is 123 cm³/mol. The van der Waals surface area contributed by atoms with Crippen LogP contribution in [-0.2, 0) is 12.8 Å². The van der Waals surface area contributed by atoms with Gasteiger partial charge in [-0.1, -0.05) is 18.2 Å². The summed E-state index contributed by atoms with van der Waals surface area (Å²) in [5, 5.41) is 15.6. The van der Waals surface area contributed by atoms with Crippen molar-refractivity contribution in [1.82, 2.24) is 9.97 Å². The Kier molecular flexibility index (Phi) is 6.86. The van der Waals surface area contributed by atoms with E-state index in [-0.39, 0.29) is 6.61 Å². The van der Waals surface area contributed by atoms with Gasteiger partial charge < -0.3 is 14.8 Å². The van der Waals surface area contributed by atoms with Crippen molar-refractivity contribution < 1.29 is 14.2 Å². The maximum absolute atomic E-state index is 13.7. The molecule has 7 heteroatoms. The number of rotatable bonds is 5. The normalized spacial score (nSPS) is 12.2. The number of aliphatic hydroxyl groups is 1. The SMILES string of the molecule is NSc1cc(-c2cccnc2F)cc2c1OCC2.OCCCc1c[nH]c2ccccc12. The van der Waals surface area contributed by atoms with Gasteiger partial charge >= 0.3 is 0 Å². The highest BCUT2D eigenvalue weighted by atomic mass is 32.2. The van der Waals surface area contributed by atoms with Crippen molar-refractivity contribution in [3.8, 4) is 16.9 Å². The number of benzene rings is 2. The molecule has 0 fully saturated rings. The summed E-state index contributed by atoms with van der Waals surface area (Å²) >= 11 is 1.12. The van der Waals surface area contributed by atoms with E-state index in [0.717, 1.165) is 53.0 Å². The molecule has 5 nitrogen and oxygen atoms in total. The summed E-state index contributed by atoms with van der Waals surface area (Å²) in [5.41, 5.74) is 4.82. The summed E-state index contributed by atoms with van der Waals surface area (Å²) in [6.45, 7) is 0.918. The summed E-state index contributed by atoms with van der Waals surface area (Å²) in [6, 6.07) is 15.5. The number of hydrogen-bond donors (Lipinski definition) is 3. The molecule has 0 bridgehead atoms. The number of para-hydroxylation sites is 1. The average molecular weight is 438 g/mol. The smallest absolute Gasteiger partial charge is 0.220 e. The van der Waals surface area contributed by atoms with E-state index in [1.165, 1.54) is 22.7 Å². The number of nitrogens with two attached hydrogens (primary N) is 1. The van der Waals surface area contributed by atoms with Crippen LogP contribution in [0.25, 0.3) is 22.0 Å². The van der Waals surface area contributed by atoms with Gasteiger partial charge in [-0.05, 0) is 71.8 Å². The predicted octanol–water partition coefficient (Wildman–Crippen LogP) is 4.88. The minimum Gasteiger partial charge on any atom is -0.492 e. The molecule has 2 aromatic carbocycles. The van der Waals surface area contributed by atoms with Gasteiger partial charge in [-0.3, -0.25) is 5.14 Å². The van der Waals surface area contributed by atoms with Crippen molar-refractivity contribution in [2.45, 2.75) is 24.2 Å². The van der Waals surface area contributed by atoms with E-state index in [4.69, 9.17) is 15.0 Å². The Morgan fingerprint density at radius 3 is 2.87 bits per heavy atom. The van der Waals surface area contributed by atoms with Crippen LogP contribution < -0.4 is 9.88 Å². The van der Waals surface area contributed by atoms with Gasteiger partial charge in [0, 0.05) is 41.9 Å². The molecule has 2 aromatic heterocycles. The third-order valence-corrected chi connectivity index (χ3v) is 5.78. The average Bonchev–Trinajstić information content (AvgIpc) is 3.45. The molecule has 4 aromatic rings. The van der Waals surface area contributed by atoms with E-state index in [9.17, 15) is 4.39 Å². The number of pyridine rings is 1. The van der Waals surface area contributed by atoms with Gasteiger partial charge in [0.1, 0.15) is 5.75 Å². The summed E-state index contributed by atoms with van der Waals surface area (Å²) < 4.78 is 19.2. The zero-order valence-electron chi connectivity index (χ0n) is 17.0. The first-order valence-electron chi connectivity index (χ1n) is 10.1. The van der Waals surface area contributed by atoms with Crippen molar-refractivity contribution in [1.29, 1.82) is 0 Å². The molecule has 160 valence electrons. The van der Waals surface area contributed by atoms with Crippen LogP contribution >= 0.6 is 11.9 Å². The van der Waals surface area contributed by atoms with Gasteiger partial charge in [-0.25, -0.2) is 4.98 Å². The van der Waals surface area contributed by atoms with Gasteiger partial charge in [0.25, 0.3) is 0 Å². The maximum atomic E-state index is 13.7. The Morgan fingerprint density at radius 1 is 1.19 bits per heavy atom. The van der Waals surface area contributed by atoms with Crippen molar-refractivity contribution in [3.63, 3.8) is 0 Å². The van der Waals surface area contributed by atoms with Crippen LogP contribution in [0, 0.1) is 5.95 Å². The molecule has 0 saturated heterocycles. The minimum atomic E-state index is -0.468. The Labute approximate surface area is 184 Å². The van der Waals surface area contributed by atoms with E-state index in [0.29, 0.717) is 12.2 Å². The van der Waals surface area contributed by atoms with E-state index < -0.39 is 5.95 Å². The summed E-state index contributed by atoms with van der Waals surface area (Å²) in [5.74, 6) is 0.361. The van der Waals surface area contributed by atoms with Crippen LogP contribution in [0.4, 0.5) is 4.39 Å². The molecule has 0 amide bonds. The number of hydrogen-bond acceptors (Lipinski definition) is 5. The molecule has 0 unspecified atom stereocenters. The summed E-state index contributed by atoms with van der Waals surface area (Å²) in [6.07, 6.45) is 6.08. The van der Waals surface area contributed by atoms with Crippen molar-refractivity contribution in [2.24, 2.45) is 5.14 Å². The Hall–Kier alpha value is -2.87. The molecule has 0 radical (unpaired) electrons. The monoisotopic (exact) mass is 437 g/mol. The molecule has 1 aliphatic heterocycles. The molecule has 0 saturated carbocycles. The van der Waals surface area contributed by atoms with Crippen LogP contribution in [0.5, 0.6) is 5.75 Å². The zero-order valence-corrected chi connectivity index (χ0v) is 17.8. The molecule has 5 rings (SSSR count). The molecule has 0 aliphatic carbocycles. The lowest BCUT2D eigenvalue weighted by atomic mass is 10.0. The minimum absolute atomic E-state index is 0.263. The molecule has 0 atom stereocenters. The van der Waals surface area contributed by atoms with Gasteiger partial charge in [-0.2, -0.15) is 4.39 Å². The molecule has 0 spiro atoms. The Balaban J connectivity index is 0.000000158. The Bertz CT molecular complexity index is 1180. The number of H-pyrrole nitrogens is 1. The number of fused-ring (bicyclic) bond motifs is 2. The number of aromatic nitrogens is 2. The van der Waals surface area contributed by atoms with Crippen LogP contribution in [-0.4, -0.2) is 28.3 Å². The van der Waals surface area contributed by atoms with Crippen LogP contribution in [0.1, 0.15) is 17.5 Å². The molecule has 4 N–H and O–H groups in total. The lowest BCUT2D eigenvalue weighted by Crippen LogP contribution is -1.92. The van der Waals surface area contributed by atoms with Crippen LogP contribution in [0.15, 0.2) is 65.8 Å². The standard InChI is InChI=1S/C13H11FN2OS.C11H13NO/c14-13-10(2-1-4-16-13)9-6-8-3-5-17-12(8)11(7-9)18-15;13-7-3-4-9-8-12-11-6-2-1-5-10(9)11/h1-2,4,6-7H,3,5,15H2;1-2,5-6,8,12-13H,3-4,7H2. The number of aryl methyl sites for hydroxylation is 1. The number of nitrogens with zero attached hydrogens (tertiary/aromatic N) is 1. The largest absolute Gasteiger partial charge is 0.492 e. The second-order valence-corrected chi connectivity index (χ2v) is 7.88. The van der Waals surface area contributed by atoms with E-state index >= 15 is 0 Å². The van der Waals surface area contributed by atoms with Crippen LogP contribution in [0.3, 0.4) is 0 Å². The van der Waals surface area contributed by atoms with Gasteiger partial charge in [0.05, 0.1) is 11.5 Å². The van der Waals surface area contributed by atoms with Crippen LogP contribution in [0.2, 0.25) is 0 Å². The highest BCUT2D eigenvalue weighted by Crippen LogP contribution is 2.38. The second-order valence-electron chi connectivity index (χ2n) is 7.21. The first-order chi connectivity index (χ1) is 15.2. The summed E-state index contributed by atoms with van der Waals surface area (Å²) in [4.78, 5) is 7.72. The topological polar surface area (TPSA) is 84.2 Å². The first-order valence-corrected chi connectivity index (χ1v) is 11.0. The van der Waals surface area contributed by atoms with Gasteiger partial charge in [0.2, 0.25) is 5.95 Å². The summed E-state index contributed by atoms with van der Waals surface area (Å²) in [7, 11) is 0. The lowest BCUT2D eigenvalue weighted by molar-refractivity contribution is 0.289. The zero-order chi connectivity index (χ0) is 21.6. The van der Waals surface area contributed by atoms with E-state index in [1.807, 2.05) is 30.5 Å². The fraction of sp³-hybridized carbons (Fsp3) is 0.208. The third-order valence-electron chi connectivity index (χ3n) is 5.23. The second kappa shape index (κ2) is 9.96. The molecular formula is C24H24FN3O2S. The van der Waals surface area contributed by atoms with E-state index in [2.05, 4.69) is 22.1 Å². The van der Waals surface area contributed by atoms with Gasteiger partial charge in [0.15, 0.2) is 0 Å². The maximum Gasteiger partial charge on any atom is 0.220 e. The lowest BCUT2D eigenvalue weighted by Gasteiger charge is -2.09. The Morgan fingerprint density at radius 2 is 2.06 bits per heavy atom. The molecule has 1 aliphatic rings. The van der Waals surface area contributed by atoms with E-state index in [1.54, 1.807) is 12.1 Å². The van der Waals surface area contributed by atoms with Crippen molar-refractivity contribution >= 4 is 22.9 Å². The van der Waals surface area contributed by atoms with Gasteiger partial charge in [-0.15, -0.1) is 0 Å². The fourth-order valence-corrected chi connectivity index (χ4v) is 4.22. The molecular weight excluding hydrogens is 413 g/mol. The fourth-order valence-electron chi connectivity index (χ4n) is 3.72. The number of aliphatic hydroxyl groups excluding tert-OH is 1. The highest BCUT2D eigenvalue weighted by molar-refractivity contribution is 7.97. The number of aromatic amines is 1. The molecule has 31 heavy (non-hydrogen) atoms. The first kappa shape index (κ1) is 21.4. The number of nitrogens with one attached hydrogen (secondary N) is 1. The quantitative estimate of drug-likeness (QED) is 0.306. The van der Waals surface area contributed by atoms with Crippen molar-refractivity contribution in [2.75, 3.05) is 13.2 Å². The third kappa shape index (κ3) is 4.74. The van der Waals surface area contributed by atoms with Crippen molar-refractivity contribution in [3.05, 3.63) is 78.0 Å².